The van der Waals surface area contributed by atoms with Gasteiger partial charge in [0.15, 0.2) is 0 Å². The Hall–Kier alpha value is -0.850. The number of carbonyl (C=O) groups excluding carboxylic acids is 1. The third-order valence-electron chi connectivity index (χ3n) is 4.89. The first-order valence-electron chi connectivity index (χ1n) is 13.5. The van der Waals surface area contributed by atoms with Crippen LogP contribution in [0.3, 0.4) is 0 Å². The largest absolute Gasteiger partial charge is 0.463 e. The van der Waals surface area contributed by atoms with Crippen LogP contribution in [0.1, 0.15) is 45.4 Å². The molecule has 0 aromatic carbocycles. The number of hydrogen-bond donors (Lipinski definition) is 0. The highest BCUT2D eigenvalue weighted by Gasteiger charge is 2.02. The van der Waals surface area contributed by atoms with E-state index in [9.17, 15) is 4.79 Å². The SMILES string of the molecule is CCCCCCCC(=O)OCCOCCOCCOCCOCCOCCOCCOCCN(C)C. The second-order valence-electron chi connectivity index (χ2n) is 8.47. The lowest BCUT2D eigenvalue weighted by Gasteiger charge is -2.10. The Kier molecular flexibility index (Phi) is 29.7. The first-order valence-corrected chi connectivity index (χ1v) is 13.5. The summed E-state index contributed by atoms with van der Waals surface area (Å²) in [6.07, 6.45) is 6.11. The van der Waals surface area contributed by atoms with Crippen LogP contribution in [0.15, 0.2) is 0 Å². The van der Waals surface area contributed by atoms with E-state index in [2.05, 4.69) is 11.8 Å². The van der Waals surface area contributed by atoms with Crippen LogP contribution >= 0.6 is 0 Å². The first-order chi connectivity index (χ1) is 17.7. The van der Waals surface area contributed by atoms with Crippen molar-refractivity contribution in [1.29, 1.82) is 0 Å². The summed E-state index contributed by atoms with van der Waals surface area (Å²) in [6, 6.07) is 0. The minimum absolute atomic E-state index is 0.141. The molecule has 0 aromatic heterocycles. The summed E-state index contributed by atoms with van der Waals surface area (Å²) in [5.41, 5.74) is 0. The van der Waals surface area contributed by atoms with Crippen molar-refractivity contribution in [2.24, 2.45) is 0 Å². The zero-order valence-corrected chi connectivity index (χ0v) is 23.2. The Morgan fingerprint density at radius 3 is 1.25 bits per heavy atom. The zero-order chi connectivity index (χ0) is 26.4. The Labute approximate surface area is 219 Å². The van der Waals surface area contributed by atoms with Crippen LogP contribution in [-0.4, -0.2) is 131 Å². The first kappa shape index (κ1) is 35.2. The monoisotopic (exact) mass is 523 g/mol. The lowest BCUT2D eigenvalue weighted by molar-refractivity contribution is -0.145. The number of rotatable bonds is 30. The summed E-state index contributed by atoms with van der Waals surface area (Å²) >= 11 is 0. The van der Waals surface area contributed by atoms with Crippen LogP contribution in [0.5, 0.6) is 0 Å². The van der Waals surface area contributed by atoms with Crippen molar-refractivity contribution in [2.75, 3.05) is 120 Å². The lowest BCUT2D eigenvalue weighted by atomic mass is 10.1. The highest BCUT2D eigenvalue weighted by Crippen LogP contribution is 2.05. The molecule has 0 bridgehead atoms. The molecule has 0 atom stereocenters. The van der Waals surface area contributed by atoms with Crippen LogP contribution in [0.2, 0.25) is 0 Å². The quantitative estimate of drug-likeness (QED) is 0.103. The van der Waals surface area contributed by atoms with Gasteiger partial charge in [-0.1, -0.05) is 32.6 Å². The number of unbranched alkanes of at least 4 members (excludes halogenated alkanes) is 4. The van der Waals surface area contributed by atoms with E-state index in [-0.39, 0.29) is 5.97 Å². The second-order valence-corrected chi connectivity index (χ2v) is 8.47. The van der Waals surface area contributed by atoms with E-state index in [0.717, 1.165) is 26.0 Å². The summed E-state index contributed by atoms with van der Waals surface area (Å²) in [5.74, 6) is -0.141. The number of ether oxygens (including phenoxy) is 8. The van der Waals surface area contributed by atoms with Crippen molar-refractivity contribution in [3.05, 3.63) is 0 Å². The van der Waals surface area contributed by atoms with Gasteiger partial charge in [-0.25, -0.2) is 0 Å². The molecule has 36 heavy (non-hydrogen) atoms. The average molecular weight is 524 g/mol. The predicted molar refractivity (Wildman–Crippen MR) is 139 cm³/mol. The maximum absolute atomic E-state index is 11.6. The fraction of sp³-hybridized carbons (Fsp3) is 0.962. The molecule has 10 heteroatoms. The summed E-state index contributed by atoms with van der Waals surface area (Å²) in [6.45, 7) is 10.8. The van der Waals surface area contributed by atoms with E-state index in [1.54, 1.807) is 0 Å². The Bertz CT molecular complexity index is 442. The predicted octanol–water partition coefficient (Wildman–Crippen LogP) is 2.57. The molecule has 0 saturated heterocycles. The van der Waals surface area contributed by atoms with E-state index >= 15 is 0 Å². The molecule has 10 nitrogen and oxygen atoms in total. The summed E-state index contributed by atoms with van der Waals surface area (Å²) < 4.78 is 43.2. The maximum atomic E-state index is 11.6. The lowest BCUT2D eigenvalue weighted by Crippen LogP contribution is -2.19. The Morgan fingerprint density at radius 1 is 0.500 bits per heavy atom. The number of carbonyl (C=O) groups is 1. The smallest absolute Gasteiger partial charge is 0.305 e. The molecule has 0 spiro atoms. The van der Waals surface area contributed by atoms with Gasteiger partial charge in [-0.15, -0.1) is 0 Å². The number of likely N-dealkylation sites (N-methyl/N-ethyl adjacent to an activating group) is 1. The van der Waals surface area contributed by atoms with Crippen LogP contribution in [0, 0.1) is 0 Å². The second kappa shape index (κ2) is 30.4. The molecule has 0 aliphatic heterocycles. The zero-order valence-electron chi connectivity index (χ0n) is 23.2. The van der Waals surface area contributed by atoms with Crippen molar-refractivity contribution < 1.29 is 42.7 Å². The van der Waals surface area contributed by atoms with Crippen LogP contribution in [0.4, 0.5) is 0 Å². The van der Waals surface area contributed by atoms with Crippen molar-refractivity contribution in [3.8, 4) is 0 Å². The molecule has 0 unspecified atom stereocenters. The highest BCUT2D eigenvalue weighted by molar-refractivity contribution is 5.69. The Balaban J connectivity index is 3.09. The molecule has 216 valence electrons. The van der Waals surface area contributed by atoms with Gasteiger partial charge in [0.25, 0.3) is 0 Å². The topological polar surface area (TPSA) is 94.2 Å². The van der Waals surface area contributed by atoms with Crippen molar-refractivity contribution in [2.45, 2.75) is 45.4 Å². The molecule has 0 amide bonds. The molecule has 0 N–H and O–H groups in total. The van der Waals surface area contributed by atoms with E-state index in [1.165, 1.54) is 19.3 Å². The van der Waals surface area contributed by atoms with Crippen molar-refractivity contribution in [3.63, 3.8) is 0 Å². The van der Waals surface area contributed by atoms with Crippen molar-refractivity contribution in [1.82, 2.24) is 4.90 Å². The molecule has 0 aliphatic carbocycles. The molecule has 0 fully saturated rings. The molecule has 0 aromatic rings. The molecule has 0 saturated carbocycles. The molecule has 0 aliphatic rings. The van der Waals surface area contributed by atoms with E-state index in [0.29, 0.717) is 98.9 Å². The van der Waals surface area contributed by atoms with Gasteiger partial charge in [-0.05, 0) is 20.5 Å². The van der Waals surface area contributed by atoms with Gasteiger partial charge in [0, 0.05) is 13.0 Å². The average Bonchev–Trinajstić information content (AvgIpc) is 2.86. The molecule has 0 heterocycles. The Morgan fingerprint density at radius 2 is 0.861 bits per heavy atom. The summed E-state index contributed by atoms with van der Waals surface area (Å²) in [4.78, 5) is 13.6. The van der Waals surface area contributed by atoms with Gasteiger partial charge >= 0.3 is 5.97 Å². The van der Waals surface area contributed by atoms with E-state index in [1.807, 2.05) is 14.1 Å². The number of hydrogen-bond acceptors (Lipinski definition) is 10. The van der Waals surface area contributed by atoms with Gasteiger partial charge in [0.05, 0.1) is 92.5 Å². The minimum Gasteiger partial charge on any atom is -0.463 e. The highest BCUT2D eigenvalue weighted by atomic mass is 16.6. The van der Waals surface area contributed by atoms with Crippen LogP contribution in [0.25, 0.3) is 0 Å². The molecule has 0 radical (unpaired) electrons. The molecular weight excluding hydrogens is 470 g/mol. The summed E-state index contributed by atoms with van der Waals surface area (Å²) in [7, 11) is 4.04. The van der Waals surface area contributed by atoms with Gasteiger partial charge in [-0.3, -0.25) is 4.79 Å². The standard InChI is InChI=1S/C26H53NO9/c1-4-5-6-7-8-9-26(28)36-25-24-35-23-22-34-21-20-33-19-18-32-17-16-31-15-14-30-13-12-29-11-10-27(2)3/h4-25H2,1-3H3. The van der Waals surface area contributed by atoms with Crippen LogP contribution < -0.4 is 0 Å². The fourth-order valence-corrected chi connectivity index (χ4v) is 2.83. The van der Waals surface area contributed by atoms with Gasteiger partial charge < -0.3 is 42.8 Å². The third-order valence-corrected chi connectivity index (χ3v) is 4.89. The number of nitrogens with zero attached hydrogens (tertiary/aromatic N) is 1. The molecular formula is C26H53NO9. The van der Waals surface area contributed by atoms with E-state index in [4.69, 9.17) is 37.9 Å². The molecule has 0 rings (SSSR count). The summed E-state index contributed by atoms with van der Waals surface area (Å²) in [5, 5.41) is 0. The van der Waals surface area contributed by atoms with Crippen LogP contribution in [-0.2, 0) is 42.7 Å². The minimum atomic E-state index is -0.141. The van der Waals surface area contributed by atoms with Gasteiger partial charge in [0.1, 0.15) is 6.61 Å². The maximum Gasteiger partial charge on any atom is 0.305 e. The van der Waals surface area contributed by atoms with Crippen molar-refractivity contribution >= 4 is 5.97 Å². The normalized spacial score (nSPS) is 11.4. The fourth-order valence-electron chi connectivity index (χ4n) is 2.83. The van der Waals surface area contributed by atoms with Gasteiger partial charge in [-0.2, -0.15) is 0 Å². The number of esters is 1. The third kappa shape index (κ3) is 31.2. The van der Waals surface area contributed by atoms with Gasteiger partial charge in [0.2, 0.25) is 0 Å². The van der Waals surface area contributed by atoms with E-state index < -0.39 is 0 Å².